The second-order valence-corrected chi connectivity index (χ2v) is 4.82. The number of nitrogens with one attached hydrogen (secondary N) is 2. The number of hydrogen-bond donors (Lipinski definition) is 2. The molecule has 2 N–H and O–H groups in total. The average Bonchev–Trinajstić information content (AvgIpc) is 2.39. The summed E-state index contributed by atoms with van der Waals surface area (Å²) in [6.45, 7) is 0. The van der Waals surface area contributed by atoms with Crippen LogP contribution in [0, 0.1) is 17.2 Å². The predicted molar refractivity (Wildman–Crippen MR) is 65.4 cm³/mol. The van der Waals surface area contributed by atoms with Crippen LogP contribution in [-0.2, 0) is 9.59 Å². The first-order valence-corrected chi connectivity index (χ1v) is 6.51. The number of carbonyl (C=O) groups excluding carboxylic acids is 2. The number of halogens is 1. The van der Waals surface area contributed by atoms with E-state index >= 15 is 0 Å². The smallest absolute Gasteiger partial charge is 0.230 e. The predicted octanol–water partition coefficient (Wildman–Crippen LogP) is 0.808. The molecule has 2 atom stereocenters. The number of fused-ring (bicyclic) bond motifs is 1. The Kier molecular flexibility index (Phi) is 3.87. The van der Waals surface area contributed by atoms with Crippen molar-refractivity contribution in [2.75, 3.05) is 5.88 Å². The molecule has 2 rings (SSSR count). The molecule has 0 aromatic carbocycles. The van der Waals surface area contributed by atoms with Crippen molar-refractivity contribution < 1.29 is 9.59 Å². The lowest BCUT2D eigenvalue weighted by Gasteiger charge is -2.37. The Bertz CT molecular complexity index is 453. The van der Waals surface area contributed by atoms with Crippen molar-refractivity contribution in [1.29, 1.82) is 5.26 Å². The van der Waals surface area contributed by atoms with Gasteiger partial charge in [0, 0.05) is 6.04 Å². The topological polar surface area (TPSA) is 82.0 Å². The van der Waals surface area contributed by atoms with Crippen LogP contribution in [0.2, 0.25) is 0 Å². The zero-order valence-electron chi connectivity index (χ0n) is 9.83. The Morgan fingerprint density at radius 3 is 2.83 bits per heavy atom. The van der Waals surface area contributed by atoms with E-state index in [-0.39, 0.29) is 35.1 Å². The van der Waals surface area contributed by atoms with Gasteiger partial charge in [0.1, 0.15) is 17.5 Å². The van der Waals surface area contributed by atoms with Gasteiger partial charge < -0.3 is 10.6 Å². The Balaban J connectivity index is 2.26. The van der Waals surface area contributed by atoms with E-state index in [1.54, 1.807) is 6.07 Å². The monoisotopic (exact) mass is 267 g/mol. The summed E-state index contributed by atoms with van der Waals surface area (Å²) in [6, 6.07) is 1.83. The van der Waals surface area contributed by atoms with Crippen LogP contribution in [-0.4, -0.2) is 23.6 Å². The van der Waals surface area contributed by atoms with Crippen LogP contribution in [0.25, 0.3) is 0 Å². The number of allylic oxidation sites excluding steroid dienone is 1. The highest BCUT2D eigenvalue weighted by Gasteiger charge is 2.36. The molecule has 0 aromatic heterocycles. The van der Waals surface area contributed by atoms with Crippen molar-refractivity contribution in [3.8, 4) is 6.07 Å². The van der Waals surface area contributed by atoms with Crippen molar-refractivity contribution in [2.24, 2.45) is 5.92 Å². The molecular formula is C12H14ClN3O2. The first kappa shape index (κ1) is 12.9. The average molecular weight is 268 g/mol. The Hall–Kier alpha value is -1.54. The van der Waals surface area contributed by atoms with Gasteiger partial charge in [0.05, 0.1) is 11.8 Å². The fourth-order valence-electron chi connectivity index (χ4n) is 2.51. The van der Waals surface area contributed by atoms with Gasteiger partial charge >= 0.3 is 0 Å². The number of alkyl halides is 1. The Labute approximate surface area is 110 Å². The van der Waals surface area contributed by atoms with Crippen molar-refractivity contribution in [3.05, 3.63) is 11.4 Å². The molecule has 0 aromatic rings. The molecule has 0 bridgehead atoms. The van der Waals surface area contributed by atoms with E-state index in [0.29, 0.717) is 0 Å². The summed E-state index contributed by atoms with van der Waals surface area (Å²) in [4.78, 5) is 23.4. The lowest BCUT2D eigenvalue weighted by molar-refractivity contribution is -0.127. The summed E-state index contributed by atoms with van der Waals surface area (Å²) in [5.41, 5.74) is -0.0950. The molecule has 96 valence electrons. The molecule has 1 heterocycles. The largest absolute Gasteiger partial charge is 0.367 e. The minimum atomic E-state index is -0.476. The maximum Gasteiger partial charge on any atom is 0.230 e. The third kappa shape index (κ3) is 2.34. The summed E-state index contributed by atoms with van der Waals surface area (Å²) < 4.78 is 0. The molecule has 1 amide bonds. The van der Waals surface area contributed by atoms with E-state index < -0.39 is 5.78 Å². The quantitative estimate of drug-likeness (QED) is 0.441. The highest BCUT2D eigenvalue weighted by molar-refractivity contribution is 6.31. The van der Waals surface area contributed by atoms with Crippen molar-refractivity contribution in [1.82, 2.24) is 10.6 Å². The Morgan fingerprint density at radius 2 is 2.17 bits per heavy atom. The second-order valence-electron chi connectivity index (χ2n) is 4.55. The summed E-state index contributed by atoms with van der Waals surface area (Å²) in [5.74, 6) is -0.692. The molecule has 2 aliphatic rings. The number of nitrogens with zero attached hydrogens (tertiary/aromatic N) is 1. The minimum absolute atomic E-state index is 0.0222. The van der Waals surface area contributed by atoms with Crippen molar-refractivity contribution in [2.45, 2.75) is 31.7 Å². The van der Waals surface area contributed by atoms with Gasteiger partial charge in [-0.1, -0.05) is 12.8 Å². The summed E-state index contributed by atoms with van der Waals surface area (Å²) in [5, 5.41) is 14.7. The van der Waals surface area contributed by atoms with E-state index in [2.05, 4.69) is 10.6 Å². The Morgan fingerprint density at radius 1 is 1.44 bits per heavy atom. The summed E-state index contributed by atoms with van der Waals surface area (Å²) >= 11 is 5.44. The lowest BCUT2D eigenvalue weighted by Crippen LogP contribution is -2.55. The van der Waals surface area contributed by atoms with Gasteiger partial charge in [0.2, 0.25) is 5.91 Å². The summed E-state index contributed by atoms with van der Waals surface area (Å²) in [6.07, 6.45) is 3.83. The van der Waals surface area contributed by atoms with Crippen LogP contribution in [0.4, 0.5) is 0 Å². The maximum absolute atomic E-state index is 11.9. The lowest BCUT2D eigenvalue weighted by atomic mass is 9.82. The van der Waals surface area contributed by atoms with Crippen LogP contribution < -0.4 is 10.6 Å². The van der Waals surface area contributed by atoms with Gasteiger partial charge in [-0.25, -0.2) is 0 Å². The second kappa shape index (κ2) is 5.40. The number of rotatable bonds is 2. The fraction of sp³-hybridized carbons (Fsp3) is 0.583. The standard InChI is InChI=1S/C12H14ClN3O2/c13-5-10(17)8(6-14)11-15-9-4-2-1-3-7(9)12(18)16-11/h7,9,15H,1-5H2,(H,16,18)/b11-8+. The van der Waals surface area contributed by atoms with Gasteiger partial charge in [0.15, 0.2) is 5.78 Å². The number of hydrogen-bond acceptors (Lipinski definition) is 4. The van der Waals surface area contributed by atoms with Crippen LogP contribution in [0.1, 0.15) is 25.7 Å². The first-order chi connectivity index (χ1) is 8.67. The highest BCUT2D eigenvalue weighted by atomic mass is 35.5. The molecule has 0 spiro atoms. The molecule has 2 fully saturated rings. The van der Waals surface area contributed by atoms with Gasteiger partial charge in [-0.2, -0.15) is 5.26 Å². The van der Waals surface area contributed by atoms with E-state index in [1.165, 1.54) is 0 Å². The van der Waals surface area contributed by atoms with Gasteiger partial charge in [-0.15, -0.1) is 11.6 Å². The number of nitriles is 1. The fourth-order valence-corrected chi connectivity index (χ4v) is 2.65. The molecule has 1 saturated heterocycles. The van der Waals surface area contributed by atoms with Crippen LogP contribution >= 0.6 is 11.6 Å². The minimum Gasteiger partial charge on any atom is -0.367 e. The van der Waals surface area contributed by atoms with E-state index in [4.69, 9.17) is 16.9 Å². The normalized spacial score (nSPS) is 29.4. The van der Waals surface area contributed by atoms with Crippen LogP contribution in [0.5, 0.6) is 0 Å². The molecule has 1 saturated carbocycles. The van der Waals surface area contributed by atoms with E-state index in [1.807, 2.05) is 0 Å². The molecule has 0 radical (unpaired) electrons. The van der Waals surface area contributed by atoms with Crippen LogP contribution in [0.15, 0.2) is 11.4 Å². The highest BCUT2D eigenvalue weighted by Crippen LogP contribution is 2.28. The van der Waals surface area contributed by atoms with E-state index in [0.717, 1.165) is 25.7 Å². The van der Waals surface area contributed by atoms with Crippen LogP contribution in [0.3, 0.4) is 0 Å². The van der Waals surface area contributed by atoms with E-state index in [9.17, 15) is 9.59 Å². The van der Waals surface area contributed by atoms with Crippen molar-refractivity contribution >= 4 is 23.3 Å². The zero-order valence-corrected chi connectivity index (χ0v) is 10.6. The zero-order chi connectivity index (χ0) is 13.1. The number of amides is 1. The van der Waals surface area contributed by atoms with Gasteiger partial charge in [-0.3, -0.25) is 9.59 Å². The number of ketones is 1. The molecular weight excluding hydrogens is 254 g/mol. The molecule has 1 aliphatic heterocycles. The SMILES string of the molecule is N#C/C(C(=O)CCl)=C1\NC(=O)C2CCCCC2N1. The third-order valence-corrected chi connectivity index (χ3v) is 3.69. The molecule has 1 aliphatic carbocycles. The molecule has 6 heteroatoms. The molecule has 5 nitrogen and oxygen atoms in total. The number of carbonyl (C=O) groups is 2. The molecule has 18 heavy (non-hydrogen) atoms. The number of Topliss-reactive ketones (excluding diaryl/α,β-unsaturated/α-hetero) is 1. The summed E-state index contributed by atoms with van der Waals surface area (Å²) in [7, 11) is 0. The molecule has 2 unspecified atom stereocenters. The van der Waals surface area contributed by atoms with Gasteiger partial charge in [-0.05, 0) is 12.8 Å². The maximum atomic E-state index is 11.9. The van der Waals surface area contributed by atoms with Gasteiger partial charge in [0.25, 0.3) is 0 Å². The third-order valence-electron chi connectivity index (χ3n) is 3.44. The first-order valence-electron chi connectivity index (χ1n) is 5.98. The van der Waals surface area contributed by atoms with Crippen molar-refractivity contribution in [3.63, 3.8) is 0 Å².